The van der Waals surface area contributed by atoms with E-state index >= 15 is 0 Å². The van der Waals surface area contributed by atoms with E-state index in [4.69, 9.17) is 0 Å². The number of pyridine rings is 1. The third kappa shape index (κ3) is 3.15. The van der Waals surface area contributed by atoms with E-state index in [9.17, 15) is 13.2 Å². The highest BCUT2D eigenvalue weighted by molar-refractivity contribution is 7.93. The Hall–Kier alpha value is -1.95. The van der Waals surface area contributed by atoms with E-state index in [2.05, 4.69) is 4.98 Å². The van der Waals surface area contributed by atoms with Gasteiger partial charge in [0.15, 0.2) is 9.84 Å². The van der Waals surface area contributed by atoms with E-state index in [1.807, 2.05) is 31.2 Å². The fraction of sp³-hybridized carbons (Fsp3) is 0.474. The van der Waals surface area contributed by atoms with Crippen LogP contribution in [0.2, 0.25) is 0 Å². The summed E-state index contributed by atoms with van der Waals surface area (Å²) in [6.45, 7) is 7.74. The molecule has 1 aliphatic rings. The lowest BCUT2D eigenvalue weighted by molar-refractivity contribution is 0.0795. The summed E-state index contributed by atoms with van der Waals surface area (Å²) in [5, 5.41) is 0.413. The number of aryl methyl sites for hydroxylation is 1. The van der Waals surface area contributed by atoms with Crippen molar-refractivity contribution in [1.29, 1.82) is 0 Å². The summed E-state index contributed by atoms with van der Waals surface area (Å²) < 4.78 is 24.5. The quantitative estimate of drug-likeness (QED) is 0.826. The number of sulfone groups is 1. The number of fused-ring (bicyclic) bond motifs is 1. The van der Waals surface area contributed by atoms with E-state index in [-0.39, 0.29) is 12.5 Å². The molecule has 5 nitrogen and oxygen atoms in total. The fourth-order valence-corrected chi connectivity index (χ4v) is 5.05. The van der Waals surface area contributed by atoms with Crippen LogP contribution in [0.3, 0.4) is 0 Å². The van der Waals surface area contributed by atoms with Crippen molar-refractivity contribution in [2.45, 2.75) is 44.1 Å². The second kappa shape index (κ2) is 6.09. The third-order valence-electron chi connectivity index (χ3n) is 4.81. The van der Waals surface area contributed by atoms with Gasteiger partial charge in [-0.2, -0.15) is 0 Å². The SMILES string of the molecule is Cc1ccc2cccc(C(=O)N3CCC(S(=O)(=O)C(C)(C)C)C3)c2n1. The molecule has 1 amide bonds. The van der Waals surface area contributed by atoms with Crippen molar-refractivity contribution < 1.29 is 13.2 Å². The maximum Gasteiger partial charge on any atom is 0.256 e. The Kier molecular flexibility index (Phi) is 4.35. The van der Waals surface area contributed by atoms with E-state index in [0.29, 0.717) is 24.0 Å². The Labute approximate surface area is 149 Å². The number of likely N-dealkylation sites (tertiary alicyclic amines) is 1. The number of rotatable bonds is 2. The van der Waals surface area contributed by atoms with Gasteiger partial charge < -0.3 is 4.90 Å². The summed E-state index contributed by atoms with van der Waals surface area (Å²) in [7, 11) is -3.28. The molecule has 1 unspecified atom stereocenters. The van der Waals surface area contributed by atoms with Crippen LogP contribution in [0.25, 0.3) is 10.9 Å². The largest absolute Gasteiger partial charge is 0.337 e. The predicted molar refractivity (Wildman–Crippen MR) is 99.5 cm³/mol. The van der Waals surface area contributed by atoms with E-state index in [0.717, 1.165) is 11.1 Å². The monoisotopic (exact) mass is 360 g/mol. The molecule has 1 atom stereocenters. The van der Waals surface area contributed by atoms with Crippen molar-refractivity contribution in [1.82, 2.24) is 9.88 Å². The molecule has 0 radical (unpaired) electrons. The predicted octanol–water partition coefficient (Wildman–Crippen LogP) is 2.97. The van der Waals surface area contributed by atoms with Gasteiger partial charge in [0.2, 0.25) is 0 Å². The molecular formula is C19H24N2O3S. The molecule has 0 bridgehead atoms. The number of carbonyl (C=O) groups is 1. The zero-order valence-electron chi connectivity index (χ0n) is 15.1. The standard InChI is InChI=1S/C19H24N2O3S/c1-13-8-9-14-6-5-7-16(17(14)20-13)18(22)21-11-10-15(12-21)25(23,24)19(2,3)4/h5-9,15H,10-12H2,1-4H3. The van der Waals surface area contributed by atoms with Crippen molar-refractivity contribution in [2.75, 3.05) is 13.1 Å². The van der Waals surface area contributed by atoms with Gasteiger partial charge in [0, 0.05) is 24.2 Å². The summed E-state index contributed by atoms with van der Waals surface area (Å²) >= 11 is 0. The lowest BCUT2D eigenvalue weighted by atomic mass is 10.1. The molecule has 2 heterocycles. The second-order valence-corrected chi connectivity index (χ2v) is 10.6. The number of carbonyl (C=O) groups excluding carboxylic acids is 1. The van der Waals surface area contributed by atoms with Gasteiger partial charge in [-0.15, -0.1) is 0 Å². The Bertz CT molecular complexity index is 929. The molecule has 1 aromatic carbocycles. The van der Waals surface area contributed by atoms with Crippen LogP contribution in [0.15, 0.2) is 30.3 Å². The smallest absolute Gasteiger partial charge is 0.256 e. The Morgan fingerprint density at radius 2 is 1.92 bits per heavy atom. The molecule has 0 saturated carbocycles. The molecule has 1 aromatic heterocycles. The first-order valence-electron chi connectivity index (χ1n) is 8.50. The van der Waals surface area contributed by atoms with Crippen LogP contribution in [0.5, 0.6) is 0 Å². The minimum absolute atomic E-state index is 0.143. The van der Waals surface area contributed by atoms with E-state index in [1.54, 1.807) is 31.7 Å². The van der Waals surface area contributed by atoms with Gasteiger partial charge in [0.25, 0.3) is 5.91 Å². The molecule has 1 saturated heterocycles. The molecule has 6 heteroatoms. The first-order valence-corrected chi connectivity index (χ1v) is 10.0. The average Bonchev–Trinajstić information content (AvgIpc) is 3.03. The highest BCUT2D eigenvalue weighted by atomic mass is 32.2. The topological polar surface area (TPSA) is 67.3 Å². The molecule has 1 fully saturated rings. The van der Waals surface area contributed by atoms with Crippen LogP contribution >= 0.6 is 0 Å². The summed E-state index contributed by atoms with van der Waals surface area (Å²) in [4.78, 5) is 19.1. The second-order valence-electron chi connectivity index (χ2n) is 7.65. The summed E-state index contributed by atoms with van der Waals surface area (Å²) in [6, 6.07) is 9.40. The summed E-state index contributed by atoms with van der Waals surface area (Å²) in [5.41, 5.74) is 2.06. The van der Waals surface area contributed by atoms with Gasteiger partial charge in [-0.3, -0.25) is 9.78 Å². The highest BCUT2D eigenvalue weighted by Crippen LogP contribution is 2.28. The van der Waals surface area contributed by atoms with Gasteiger partial charge in [-0.05, 0) is 46.2 Å². The number of para-hydroxylation sites is 1. The molecule has 3 rings (SSSR count). The lowest BCUT2D eigenvalue weighted by Crippen LogP contribution is -2.39. The van der Waals surface area contributed by atoms with Crippen molar-refractivity contribution in [2.24, 2.45) is 0 Å². The van der Waals surface area contributed by atoms with Crippen LogP contribution in [-0.2, 0) is 9.84 Å². The summed E-state index contributed by atoms with van der Waals surface area (Å²) in [6.07, 6.45) is 0.489. The van der Waals surface area contributed by atoms with Crippen molar-refractivity contribution in [3.8, 4) is 0 Å². The van der Waals surface area contributed by atoms with Crippen LogP contribution in [-0.4, -0.2) is 47.3 Å². The maximum atomic E-state index is 13.0. The number of nitrogens with zero attached hydrogens (tertiary/aromatic N) is 2. The Balaban J connectivity index is 1.90. The molecule has 1 aliphatic heterocycles. The molecule has 0 N–H and O–H groups in total. The minimum Gasteiger partial charge on any atom is -0.337 e. The fourth-order valence-electron chi connectivity index (χ4n) is 3.25. The van der Waals surface area contributed by atoms with Gasteiger partial charge in [0.1, 0.15) is 0 Å². The van der Waals surface area contributed by atoms with E-state index < -0.39 is 19.8 Å². The number of amides is 1. The highest BCUT2D eigenvalue weighted by Gasteiger charge is 2.42. The first-order chi connectivity index (χ1) is 11.6. The number of hydrogen-bond acceptors (Lipinski definition) is 4. The van der Waals surface area contributed by atoms with Gasteiger partial charge >= 0.3 is 0 Å². The van der Waals surface area contributed by atoms with Crippen LogP contribution in [0, 0.1) is 6.92 Å². The van der Waals surface area contributed by atoms with Gasteiger partial charge in [0.05, 0.1) is 21.1 Å². The zero-order chi connectivity index (χ0) is 18.4. The Morgan fingerprint density at radius 3 is 2.60 bits per heavy atom. The molecule has 0 aliphatic carbocycles. The van der Waals surface area contributed by atoms with Crippen LogP contribution in [0.1, 0.15) is 43.2 Å². The number of aromatic nitrogens is 1. The molecule has 134 valence electrons. The van der Waals surface area contributed by atoms with Crippen LogP contribution < -0.4 is 0 Å². The molecule has 0 spiro atoms. The van der Waals surface area contributed by atoms with Crippen molar-refractivity contribution >= 4 is 26.6 Å². The summed E-state index contributed by atoms with van der Waals surface area (Å²) in [5.74, 6) is -0.143. The molecular weight excluding hydrogens is 336 g/mol. The number of hydrogen-bond donors (Lipinski definition) is 0. The van der Waals surface area contributed by atoms with Crippen molar-refractivity contribution in [3.63, 3.8) is 0 Å². The lowest BCUT2D eigenvalue weighted by Gasteiger charge is -2.24. The molecule has 2 aromatic rings. The minimum atomic E-state index is -3.28. The maximum absolute atomic E-state index is 13.0. The molecule has 25 heavy (non-hydrogen) atoms. The van der Waals surface area contributed by atoms with E-state index in [1.165, 1.54) is 0 Å². The van der Waals surface area contributed by atoms with Crippen molar-refractivity contribution in [3.05, 3.63) is 41.6 Å². The third-order valence-corrected chi connectivity index (χ3v) is 7.78. The Morgan fingerprint density at radius 1 is 1.20 bits per heavy atom. The van der Waals surface area contributed by atoms with Crippen LogP contribution in [0.4, 0.5) is 0 Å². The first kappa shape index (κ1) is 17.9. The van der Waals surface area contributed by atoms with Gasteiger partial charge in [-0.25, -0.2) is 8.42 Å². The zero-order valence-corrected chi connectivity index (χ0v) is 15.9. The normalized spacial score (nSPS) is 18.7. The average molecular weight is 360 g/mol. The van der Waals surface area contributed by atoms with Gasteiger partial charge in [-0.1, -0.05) is 18.2 Å². The number of benzene rings is 1.